The summed E-state index contributed by atoms with van der Waals surface area (Å²) in [6.07, 6.45) is 5.24. The molecule has 2 nitrogen and oxygen atoms in total. The number of hydrogen-bond acceptors (Lipinski definition) is 1. The first-order chi connectivity index (χ1) is 4.30. The summed E-state index contributed by atoms with van der Waals surface area (Å²) in [6, 6.07) is 0. The summed E-state index contributed by atoms with van der Waals surface area (Å²) in [4.78, 5) is 10.4. The van der Waals surface area contributed by atoms with Gasteiger partial charge in [-0.3, -0.25) is 4.79 Å². The second-order valence-electron chi connectivity index (χ2n) is 2.67. The average molecular weight is 152 g/mol. The Morgan fingerprint density at radius 1 is 1.20 bits per heavy atom. The van der Waals surface area contributed by atoms with E-state index in [2.05, 4.69) is 0 Å². The fraction of sp³-hybridized carbons (Fsp3) is 0.857. The number of carboxylic acid groups (broad SMARTS) is 1. The van der Waals surface area contributed by atoms with E-state index in [1.807, 2.05) is 0 Å². The van der Waals surface area contributed by atoms with E-state index in [0.29, 0.717) is 0 Å². The minimum atomic E-state index is -0.602. The van der Waals surface area contributed by atoms with Crippen LogP contribution in [0.25, 0.3) is 0 Å². The Bertz CT molecular complexity index is 108. The second-order valence-corrected chi connectivity index (χ2v) is 2.67. The summed E-state index contributed by atoms with van der Waals surface area (Å²) < 4.78 is 0. The van der Waals surface area contributed by atoms with Crippen LogP contribution in [-0.4, -0.2) is 40.6 Å². The monoisotopic (exact) mass is 152 g/mol. The van der Waals surface area contributed by atoms with Gasteiger partial charge >= 0.3 is 35.5 Å². The molecule has 1 fully saturated rings. The van der Waals surface area contributed by atoms with Crippen LogP contribution in [0.2, 0.25) is 0 Å². The predicted molar refractivity (Wildman–Crippen MR) is 41.4 cm³/mol. The van der Waals surface area contributed by atoms with Crippen LogP contribution in [0.5, 0.6) is 0 Å². The zero-order valence-corrected chi connectivity index (χ0v) is 5.47. The van der Waals surface area contributed by atoms with E-state index in [9.17, 15) is 4.79 Å². The molecule has 0 aliphatic heterocycles. The van der Waals surface area contributed by atoms with E-state index in [-0.39, 0.29) is 35.5 Å². The van der Waals surface area contributed by atoms with E-state index in [4.69, 9.17) is 5.11 Å². The Kier molecular flexibility index (Phi) is 5.41. The Morgan fingerprint density at radius 2 is 1.70 bits per heavy atom. The molecule has 54 valence electrons. The van der Waals surface area contributed by atoms with E-state index in [1.165, 1.54) is 6.42 Å². The molecule has 0 aromatic carbocycles. The molecular weight excluding hydrogens is 139 g/mol. The Labute approximate surface area is 83.3 Å². The van der Waals surface area contributed by atoms with Crippen molar-refractivity contribution < 1.29 is 9.90 Å². The molecule has 0 aromatic rings. The Hall–Kier alpha value is 0.470. The molecule has 3 heteroatoms. The van der Waals surface area contributed by atoms with Crippen LogP contribution in [0.15, 0.2) is 0 Å². The van der Waals surface area contributed by atoms with Crippen molar-refractivity contribution in [3.63, 3.8) is 0 Å². The van der Waals surface area contributed by atoms with Gasteiger partial charge in [0.15, 0.2) is 0 Å². The van der Waals surface area contributed by atoms with Gasteiger partial charge < -0.3 is 5.11 Å². The van der Waals surface area contributed by atoms with E-state index >= 15 is 0 Å². The third-order valence-electron chi connectivity index (χ3n) is 1.95. The zero-order valence-electron chi connectivity index (χ0n) is 5.47. The molecule has 10 heavy (non-hydrogen) atoms. The summed E-state index contributed by atoms with van der Waals surface area (Å²) in [5.74, 6) is -0.631. The number of carboxylic acids is 1. The summed E-state index contributed by atoms with van der Waals surface area (Å²) in [6.45, 7) is 0. The number of aliphatic carboxylic acids is 1. The van der Waals surface area contributed by atoms with E-state index in [0.717, 1.165) is 25.7 Å². The molecule has 0 spiro atoms. The summed E-state index contributed by atoms with van der Waals surface area (Å²) in [7, 11) is 0. The quantitative estimate of drug-likeness (QED) is 0.569. The Balaban J connectivity index is 0.000000810. The van der Waals surface area contributed by atoms with Crippen molar-refractivity contribution in [2.24, 2.45) is 5.92 Å². The molecule has 1 N–H and O–H groups in total. The molecule has 1 saturated carbocycles. The molecule has 0 radical (unpaired) electrons. The van der Waals surface area contributed by atoms with Crippen molar-refractivity contribution >= 4 is 35.5 Å². The number of hydrogen-bond donors (Lipinski definition) is 1. The third-order valence-corrected chi connectivity index (χ3v) is 1.95. The molecule has 0 heterocycles. The van der Waals surface area contributed by atoms with Crippen LogP contribution in [0.3, 0.4) is 0 Å². The third kappa shape index (κ3) is 3.04. The molecule has 0 atom stereocenters. The van der Waals surface area contributed by atoms with Crippen molar-refractivity contribution in [1.82, 2.24) is 0 Å². The molecule has 1 aliphatic carbocycles. The zero-order chi connectivity index (χ0) is 6.69. The van der Waals surface area contributed by atoms with Crippen molar-refractivity contribution in [1.29, 1.82) is 0 Å². The predicted octanol–water partition coefficient (Wildman–Crippen LogP) is 1.00. The molecule has 1 aliphatic rings. The van der Waals surface area contributed by atoms with Crippen LogP contribution >= 0.6 is 0 Å². The van der Waals surface area contributed by atoms with Gasteiger partial charge in [-0.15, -0.1) is 0 Å². The van der Waals surface area contributed by atoms with Crippen LogP contribution in [0, 0.1) is 5.92 Å². The molecule has 1 rings (SSSR count). The molecule has 0 amide bonds. The summed E-state index contributed by atoms with van der Waals surface area (Å²) in [5, 5.41) is 8.54. The molecule has 0 unspecified atom stereocenters. The van der Waals surface area contributed by atoms with Crippen LogP contribution < -0.4 is 0 Å². The van der Waals surface area contributed by atoms with Gasteiger partial charge in [-0.25, -0.2) is 0 Å². The fourth-order valence-electron chi connectivity index (χ4n) is 1.35. The fourth-order valence-corrected chi connectivity index (χ4v) is 1.35. The summed E-state index contributed by atoms with van der Waals surface area (Å²) in [5.41, 5.74) is 0. The maximum absolute atomic E-state index is 10.4. The van der Waals surface area contributed by atoms with E-state index < -0.39 is 5.97 Å². The number of carbonyl (C=O) groups is 1. The van der Waals surface area contributed by atoms with Crippen molar-refractivity contribution in [2.75, 3.05) is 0 Å². The van der Waals surface area contributed by atoms with Crippen molar-refractivity contribution in [2.45, 2.75) is 32.1 Å². The van der Waals surface area contributed by atoms with Gasteiger partial charge in [-0.1, -0.05) is 19.3 Å². The standard InChI is InChI=1S/C7H12O2.Na.H/c8-7(9)6-4-2-1-3-5-6;;/h6H,1-5H2,(H,8,9);;. The van der Waals surface area contributed by atoms with Crippen LogP contribution in [-0.2, 0) is 4.79 Å². The second kappa shape index (κ2) is 5.16. The SMILES string of the molecule is O=C(O)C1CCCCC1.[NaH]. The molecular formula is C7H13NaO2. The maximum atomic E-state index is 10.4. The van der Waals surface area contributed by atoms with E-state index in [1.54, 1.807) is 0 Å². The summed E-state index contributed by atoms with van der Waals surface area (Å²) >= 11 is 0. The van der Waals surface area contributed by atoms with Gasteiger partial charge in [0.1, 0.15) is 0 Å². The van der Waals surface area contributed by atoms with Gasteiger partial charge in [0.05, 0.1) is 5.92 Å². The van der Waals surface area contributed by atoms with Crippen molar-refractivity contribution in [3.8, 4) is 0 Å². The van der Waals surface area contributed by atoms with Crippen LogP contribution in [0.1, 0.15) is 32.1 Å². The normalized spacial score (nSPS) is 19.6. The van der Waals surface area contributed by atoms with Crippen molar-refractivity contribution in [3.05, 3.63) is 0 Å². The van der Waals surface area contributed by atoms with Gasteiger partial charge in [0.25, 0.3) is 0 Å². The Morgan fingerprint density at radius 3 is 2.00 bits per heavy atom. The molecule has 0 saturated heterocycles. The first-order valence-electron chi connectivity index (χ1n) is 3.53. The molecule has 0 aromatic heterocycles. The first kappa shape index (κ1) is 10.5. The van der Waals surface area contributed by atoms with Gasteiger partial charge in [-0.2, -0.15) is 0 Å². The van der Waals surface area contributed by atoms with Crippen LogP contribution in [0.4, 0.5) is 0 Å². The first-order valence-corrected chi connectivity index (χ1v) is 3.53. The topological polar surface area (TPSA) is 37.3 Å². The molecule has 0 bridgehead atoms. The van der Waals surface area contributed by atoms with Gasteiger partial charge in [0, 0.05) is 0 Å². The number of rotatable bonds is 1. The average Bonchev–Trinajstić information content (AvgIpc) is 1.90. The van der Waals surface area contributed by atoms with Gasteiger partial charge in [-0.05, 0) is 12.8 Å². The minimum absolute atomic E-state index is 0. The van der Waals surface area contributed by atoms with Gasteiger partial charge in [0.2, 0.25) is 0 Å².